The van der Waals surface area contributed by atoms with Gasteiger partial charge in [0.25, 0.3) is 0 Å². The van der Waals surface area contributed by atoms with Gasteiger partial charge >= 0.3 is 0 Å². The third kappa shape index (κ3) is 4.68. The Labute approximate surface area is 179 Å². The van der Waals surface area contributed by atoms with Gasteiger partial charge in [0, 0.05) is 0 Å². The van der Waals surface area contributed by atoms with Gasteiger partial charge in [-0.15, -0.1) is 0 Å². The normalized spacial score (nSPS) is 14.1. The molecule has 0 radical (unpaired) electrons. The standard InChI is InChI=1S/C29H40/c1-18(2)12-21-13-22-10-11-27(29(7,8)9)28(26(22)14-21)25-16-23(19(3)4)15-24(17-25)20(5)6/h10-11,14-20H,12-13H2,1-9H3. The molecule has 0 fully saturated rings. The third-order valence-electron chi connectivity index (χ3n) is 6.18. The third-order valence-corrected chi connectivity index (χ3v) is 6.18. The van der Waals surface area contributed by atoms with Gasteiger partial charge in [-0.05, 0) is 75.0 Å². The Bertz CT molecular complexity index is 888. The maximum Gasteiger partial charge on any atom is -0.00575 e. The van der Waals surface area contributed by atoms with Crippen molar-refractivity contribution >= 4 is 6.08 Å². The summed E-state index contributed by atoms with van der Waals surface area (Å²) in [7, 11) is 0. The fourth-order valence-electron chi connectivity index (χ4n) is 4.56. The molecule has 2 aromatic rings. The molecule has 0 spiro atoms. The maximum absolute atomic E-state index is 2.51. The Morgan fingerprint density at radius 3 is 1.90 bits per heavy atom. The van der Waals surface area contributed by atoms with Crippen LogP contribution in [0.15, 0.2) is 35.9 Å². The lowest BCUT2D eigenvalue weighted by molar-refractivity contribution is 0.591. The topological polar surface area (TPSA) is 0 Å². The molecule has 0 N–H and O–H groups in total. The largest absolute Gasteiger partial charge is 0.0649 e. The van der Waals surface area contributed by atoms with E-state index in [9.17, 15) is 0 Å². The highest BCUT2D eigenvalue weighted by atomic mass is 14.3. The van der Waals surface area contributed by atoms with Crippen LogP contribution in [0.3, 0.4) is 0 Å². The van der Waals surface area contributed by atoms with E-state index in [0.717, 1.165) is 6.42 Å². The number of allylic oxidation sites excluding steroid dienone is 1. The summed E-state index contributed by atoms with van der Waals surface area (Å²) >= 11 is 0. The highest BCUT2D eigenvalue weighted by Crippen LogP contribution is 2.43. The van der Waals surface area contributed by atoms with E-state index in [-0.39, 0.29) is 5.41 Å². The van der Waals surface area contributed by atoms with Gasteiger partial charge < -0.3 is 0 Å². The van der Waals surface area contributed by atoms with Crippen LogP contribution in [0.2, 0.25) is 0 Å². The van der Waals surface area contributed by atoms with Gasteiger partial charge in [0.05, 0.1) is 0 Å². The second-order valence-corrected chi connectivity index (χ2v) is 11.1. The predicted octanol–water partition coefficient (Wildman–Crippen LogP) is 8.88. The molecule has 1 aliphatic carbocycles. The molecule has 0 saturated carbocycles. The molecular formula is C29H40. The Kier molecular flexibility index (Phi) is 6.13. The van der Waals surface area contributed by atoms with E-state index in [2.05, 4.69) is 98.7 Å². The Morgan fingerprint density at radius 1 is 0.828 bits per heavy atom. The summed E-state index contributed by atoms with van der Waals surface area (Å²) in [5, 5.41) is 0. The average Bonchev–Trinajstić information content (AvgIpc) is 3.00. The van der Waals surface area contributed by atoms with Crippen LogP contribution in [0, 0.1) is 5.92 Å². The van der Waals surface area contributed by atoms with Crippen LogP contribution in [-0.4, -0.2) is 0 Å². The molecule has 0 saturated heterocycles. The van der Waals surface area contributed by atoms with Crippen molar-refractivity contribution in [3.63, 3.8) is 0 Å². The molecule has 29 heavy (non-hydrogen) atoms. The number of hydrogen-bond acceptors (Lipinski definition) is 0. The van der Waals surface area contributed by atoms with Crippen LogP contribution >= 0.6 is 0 Å². The average molecular weight is 389 g/mol. The van der Waals surface area contributed by atoms with E-state index in [1.54, 1.807) is 5.57 Å². The molecule has 0 nitrogen and oxygen atoms in total. The van der Waals surface area contributed by atoms with Crippen molar-refractivity contribution in [1.82, 2.24) is 0 Å². The van der Waals surface area contributed by atoms with Crippen molar-refractivity contribution in [2.24, 2.45) is 5.92 Å². The van der Waals surface area contributed by atoms with E-state index >= 15 is 0 Å². The summed E-state index contributed by atoms with van der Waals surface area (Å²) in [5.41, 5.74) is 11.9. The molecule has 0 aromatic heterocycles. The molecule has 2 aromatic carbocycles. The van der Waals surface area contributed by atoms with E-state index in [1.165, 1.54) is 45.4 Å². The van der Waals surface area contributed by atoms with Crippen LogP contribution in [0.4, 0.5) is 0 Å². The molecule has 0 aliphatic heterocycles. The zero-order valence-electron chi connectivity index (χ0n) is 20.1. The first-order valence-electron chi connectivity index (χ1n) is 11.5. The smallest absolute Gasteiger partial charge is 0.00575 e. The molecule has 156 valence electrons. The molecule has 0 amide bonds. The number of fused-ring (bicyclic) bond motifs is 1. The van der Waals surface area contributed by atoms with E-state index in [1.807, 2.05) is 0 Å². The predicted molar refractivity (Wildman–Crippen MR) is 130 cm³/mol. The van der Waals surface area contributed by atoms with Gasteiger partial charge in [-0.1, -0.05) is 104 Å². The molecule has 0 heterocycles. The molecule has 0 atom stereocenters. The van der Waals surface area contributed by atoms with Crippen molar-refractivity contribution in [1.29, 1.82) is 0 Å². The molecule has 3 rings (SSSR count). The first-order valence-corrected chi connectivity index (χ1v) is 11.5. The summed E-state index contributed by atoms with van der Waals surface area (Å²) in [4.78, 5) is 0. The van der Waals surface area contributed by atoms with Crippen molar-refractivity contribution < 1.29 is 0 Å². The number of rotatable bonds is 5. The highest BCUT2D eigenvalue weighted by molar-refractivity contribution is 5.84. The Balaban J connectivity index is 2.29. The summed E-state index contributed by atoms with van der Waals surface area (Å²) in [6, 6.07) is 12.1. The van der Waals surface area contributed by atoms with E-state index in [0.29, 0.717) is 17.8 Å². The lowest BCUT2D eigenvalue weighted by Gasteiger charge is -2.26. The van der Waals surface area contributed by atoms with Crippen LogP contribution in [0.25, 0.3) is 17.2 Å². The van der Waals surface area contributed by atoms with Crippen LogP contribution < -0.4 is 0 Å². The van der Waals surface area contributed by atoms with Crippen LogP contribution in [0.1, 0.15) is 108 Å². The second-order valence-electron chi connectivity index (χ2n) is 11.1. The summed E-state index contributed by atoms with van der Waals surface area (Å²) in [6.45, 7) is 20.9. The minimum absolute atomic E-state index is 0.116. The van der Waals surface area contributed by atoms with Gasteiger partial charge in [-0.25, -0.2) is 0 Å². The molecule has 0 unspecified atom stereocenters. The van der Waals surface area contributed by atoms with Crippen LogP contribution in [-0.2, 0) is 11.8 Å². The minimum atomic E-state index is 0.116. The maximum atomic E-state index is 2.51. The van der Waals surface area contributed by atoms with Crippen molar-refractivity contribution in [2.75, 3.05) is 0 Å². The van der Waals surface area contributed by atoms with Gasteiger partial charge in [-0.3, -0.25) is 0 Å². The monoisotopic (exact) mass is 388 g/mol. The van der Waals surface area contributed by atoms with Gasteiger partial charge in [0.2, 0.25) is 0 Å². The quantitative estimate of drug-likeness (QED) is 0.479. The van der Waals surface area contributed by atoms with Gasteiger partial charge in [-0.2, -0.15) is 0 Å². The van der Waals surface area contributed by atoms with Gasteiger partial charge in [0.1, 0.15) is 0 Å². The molecule has 0 bridgehead atoms. The van der Waals surface area contributed by atoms with Crippen molar-refractivity contribution in [2.45, 2.75) is 92.4 Å². The van der Waals surface area contributed by atoms with Crippen molar-refractivity contribution in [3.8, 4) is 11.1 Å². The lowest BCUT2D eigenvalue weighted by atomic mass is 9.78. The van der Waals surface area contributed by atoms with Crippen LogP contribution in [0.5, 0.6) is 0 Å². The second kappa shape index (κ2) is 8.13. The first-order chi connectivity index (χ1) is 13.5. The molecule has 0 heteroatoms. The highest BCUT2D eigenvalue weighted by Gasteiger charge is 2.26. The fraction of sp³-hybridized carbons (Fsp3) is 0.517. The zero-order valence-corrected chi connectivity index (χ0v) is 20.1. The minimum Gasteiger partial charge on any atom is -0.0649 e. The van der Waals surface area contributed by atoms with E-state index in [4.69, 9.17) is 0 Å². The summed E-state index contributed by atoms with van der Waals surface area (Å²) in [5.74, 6) is 1.78. The molecule has 1 aliphatic rings. The molecular weight excluding hydrogens is 348 g/mol. The number of benzene rings is 2. The Hall–Kier alpha value is -1.82. The Morgan fingerprint density at radius 2 is 1.41 bits per heavy atom. The number of hydrogen-bond donors (Lipinski definition) is 0. The van der Waals surface area contributed by atoms with Crippen molar-refractivity contribution in [3.05, 3.63) is 63.7 Å². The summed E-state index contributed by atoms with van der Waals surface area (Å²) in [6.07, 6.45) is 4.82. The zero-order chi connectivity index (χ0) is 21.5. The van der Waals surface area contributed by atoms with Gasteiger partial charge in [0.15, 0.2) is 0 Å². The van der Waals surface area contributed by atoms with E-state index < -0.39 is 0 Å². The SMILES string of the molecule is CC(C)CC1=Cc2c(ccc(C(C)(C)C)c2-c2cc(C(C)C)cc(C(C)C)c2)C1. The summed E-state index contributed by atoms with van der Waals surface area (Å²) < 4.78 is 0. The lowest BCUT2D eigenvalue weighted by Crippen LogP contribution is -2.14. The first kappa shape index (κ1) is 21.9. The fourth-order valence-corrected chi connectivity index (χ4v) is 4.56.